The quantitative estimate of drug-likeness (QED) is 0.377. The number of hydrogen-bond donors (Lipinski definition) is 0. The first kappa shape index (κ1) is 21.1. The Bertz CT molecular complexity index is 883. The van der Waals surface area contributed by atoms with Gasteiger partial charge >= 0.3 is 8.60 Å². The van der Waals surface area contributed by atoms with Gasteiger partial charge in [0.15, 0.2) is 0 Å². The topological polar surface area (TPSA) is 27.7 Å². The zero-order valence-corrected chi connectivity index (χ0v) is 18.9. The number of rotatable bonds is 6. The summed E-state index contributed by atoms with van der Waals surface area (Å²) in [4.78, 5) is 0. The van der Waals surface area contributed by atoms with Gasteiger partial charge < -0.3 is 4.52 Å². The van der Waals surface area contributed by atoms with Crippen molar-refractivity contribution < 1.29 is 13.6 Å². The molecule has 156 valence electrons. The van der Waals surface area contributed by atoms with E-state index in [0.29, 0.717) is 11.8 Å². The molecule has 3 aromatic rings. The molecule has 30 heavy (non-hydrogen) atoms. The second-order valence-corrected chi connectivity index (χ2v) is 9.31. The molecule has 1 fully saturated rings. The van der Waals surface area contributed by atoms with Crippen LogP contribution in [0.25, 0.3) is 0 Å². The van der Waals surface area contributed by atoms with Crippen molar-refractivity contribution in [2.45, 2.75) is 51.7 Å². The van der Waals surface area contributed by atoms with Crippen LogP contribution in [0.2, 0.25) is 0 Å². The summed E-state index contributed by atoms with van der Waals surface area (Å²) in [6, 6.07) is 26.9. The lowest BCUT2D eigenvalue weighted by Gasteiger charge is -2.21. The van der Waals surface area contributed by atoms with Gasteiger partial charge in [-0.1, -0.05) is 107 Å². The van der Waals surface area contributed by atoms with E-state index in [4.69, 9.17) is 13.6 Å². The first-order valence-electron chi connectivity index (χ1n) is 10.6. The van der Waals surface area contributed by atoms with E-state index >= 15 is 0 Å². The predicted molar refractivity (Wildman–Crippen MR) is 123 cm³/mol. The Kier molecular flexibility index (Phi) is 6.53. The predicted octanol–water partition coefficient (Wildman–Crippen LogP) is 8.07. The van der Waals surface area contributed by atoms with Gasteiger partial charge in [-0.2, -0.15) is 0 Å². The summed E-state index contributed by atoms with van der Waals surface area (Å²) >= 11 is 0. The Morgan fingerprint density at radius 3 is 1.47 bits per heavy atom. The fraction of sp³-hybridized carbons (Fsp3) is 0.308. The molecule has 0 bridgehead atoms. The van der Waals surface area contributed by atoms with Gasteiger partial charge in [-0.05, 0) is 34.1 Å². The van der Waals surface area contributed by atoms with E-state index in [-0.39, 0.29) is 12.2 Å². The minimum Gasteiger partial charge on any atom is -0.426 e. The lowest BCUT2D eigenvalue weighted by atomic mass is 9.94. The molecule has 0 unspecified atom stereocenters. The Hall–Kier alpha value is -2.19. The van der Waals surface area contributed by atoms with E-state index in [1.165, 1.54) is 11.1 Å². The maximum atomic E-state index is 6.48. The van der Waals surface area contributed by atoms with Crippen LogP contribution in [0.15, 0.2) is 78.9 Å². The van der Waals surface area contributed by atoms with Gasteiger partial charge in [0, 0.05) is 0 Å². The van der Waals surface area contributed by atoms with Crippen LogP contribution >= 0.6 is 8.60 Å². The maximum Gasteiger partial charge on any atom is 0.398 e. The van der Waals surface area contributed by atoms with Crippen molar-refractivity contribution in [1.82, 2.24) is 0 Å². The lowest BCUT2D eigenvalue weighted by molar-refractivity contribution is 0.159. The third kappa shape index (κ3) is 4.44. The third-order valence-corrected chi connectivity index (χ3v) is 6.55. The average molecular weight is 420 g/mol. The molecule has 0 spiro atoms. The molecule has 0 saturated carbocycles. The van der Waals surface area contributed by atoms with E-state index in [1.54, 1.807) is 0 Å². The molecular formula is C26H29O3P. The number of hydrogen-bond acceptors (Lipinski definition) is 3. The van der Waals surface area contributed by atoms with Gasteiger partial charge in [0.25, 0.3) is 0 Å². The highest BCUT2D eigenvalue weighted by Gasteiger charge is 2.42. The van der Waals surface area contributed by atoms with Crippen molar-refractivity contribution in [2.24, 2.45) is 0 Å². The monoisotopic (exact) mass is 420 g/mol. The highest BCUT2D eigenvalue weighted by Crippen LogP contribution is 2.60. The van der Waals surface area contributed by atoms with Gasteiger partial charge in [-0.3, -0.25) is 9.05 Å². The zero-order chi connectivity index (χ0) is 21.1. The van der Waals surface area contributed by atoms with E-state index in [1.807, 2.05) is 36.4 Å². The normalized spacial score (nSPS) is 19.5. The van der Waals surface area contributed by atoms with Crippen molar-refractivity contribution in [1.29, 1.82) is 0 Å². The maximum absolute atomic E-state index is 6.48. The smallest absolute Gasteiger partial charge is 0.398 e. The molecule has 2 atom stereocenters. The second kappa shape index (κ2) is 9.31. The van der Waals surface area contributed by atoms with Crippen LogP contribution in [0, 0.1) is 0 Å². The van der Waals surface area contributed by atoms with Crippen LogP contribution in [-0.4, -0.2) is 0 Å². The molecule has 0 aromatic heterocycles. The molecule has 0 amide bonds. The molecule has 1 heterocycles. The fourth-order valence-electron chi connectivity index (χ4n) is 3.78. The Morgan fingerprint density at radius 1 is 0.633 bits per heavy atom. The van der Waals surface area contributed by atoms with Gasteiger partial charge in [0.05, 0.1) is 0 Å². The molecule has 4 rings (SSSR count). The fourth-order valence-corrected chi connectivity index (χ4v) is 5.11. The van der Waals surface area contributed by atoms with Crippen LogP contribution in [-0.2, 0) is 9.05 Å². The largest absolute Gasteiger partial charge is 0.426 e. The van der Waals surface area contributed by atoms with Crippen molar-refractivity contribution in [3.63, 3.8) is 0 Å². The summed E-state index contributed by atoms with van der Waals surface area (Å²) in [5.41, 5.74) is 4.58. The van der Waals surface area contributed by atoms with Crippen LogP contribution in [0.1, 0.15) is 74.0 Å². The summed E-state index contributed by atoms with van der Waals surface area (Å²) in [6.45, 7) is 8.76. The summed E-state index contributed by atoms with van der Waals surface area (Å²) in [5.74, 6) is 1.62. The summed E-state index contributed by atoms with van der Waals surface area (Å²) in [5, 5.41) is 0. The zero-order valence-electron chi connectivity index (χ0n) is 18.0. The summed E-state index contributed by atoms with van der Waals surface area (Å²) in [7, 11) is -1.53. The number of para-hydroxylation sites is 1. The van der Waals surface area contributed by atoms with Crippen LogP contribution in [0.4, 0.5) is 0 Å². The van der Waals surface area contributed by atoms with Crippen molar-refractivity contribution in [3.05, 3.63) is 101 Å². The van der Waals surface area contributed by atoms with Gasteiger partial charge in [0.1, 0.15) is 18.0 Å². The van der Waals surface area contributed by atoms with E-state index in [0.717, 1.165) is 16.9 Å². The van der Waals surface area contributed by atoms with Crippen molar-refractivity contribution >= 4 is 8.60 Å². The highest BCUT2D eigenvalue weighted by molar-refractivity contribution is 7.42. The van der Waals surface area contributed by atoms with E-state index in [9.17, 15) is 0 Å². The Morgan fingerprint density at radius 2 is 1.07 bits per heavy atom. The molecule has 1 saturated heterocycles. The van der Waals surface area contributed by atoms with Crippen molar-refractivity contribution in [2.75, 3.05) is 0 Å². The molecule has 0 N–H and O–H groups in total. The third-order valence-electron chi connectivity index (χ3n) is 5.42. The minimum absolute atomic E-state index is 0.201. The average Bonchev–Trinajstić information content (AvgIpc) is 3.18. The molecule has 3 aromatic carbocycles. The first-order valence-corrected chi connectivity index (χ1v) is 11.7. The van der Waals surface area contributed by atoms with Crippen LogP contribution < -0.4 is 4.52 Å². The highest BCUT2D eigenvalue weighted by atomic mass is 31.2. The molecule has 0 radical (unpaired) electrons. The lowest BCUT2D eigenvalue weighted by Crippen LogP contribution is -2.06. The Balaban J connectivity index is 1.67. The molecular weight excluding hydrogens is 391 g/mol. The Labute approximate surface area is 181 Å². The summed E-state index contributed by atoms with van der Waals surface area (Å²) in [6.07, 6.45) is -0.401. The van der Waals surface area contributed by atoms with Crippen LogP contribution in [0.5, 0.6) is 5.75 Å². The SMILES string of the molecule is CC(C)c1cccc(C(C)C)c1OP1O[C@@H](c2ccccc2)[C@H](c2ccccc2)O1. The first-order chi connectivity index (χ1) is 14.5. The van der Waals surface area contributed by atoms with Gasteiger partial charge in [-0.25, -0.2) is 0 Å². The molecule has 3 nitrogen and oxygen atoms in total. The second-order valence-electron chi connectivity index (χ2n) is 8.26. The van der Waals surface area contributed by atoms with Gasteiger partial charge in [-0.15, -0.1) is 0 Å². The number of benzene rings is 3. The van der Waals surface area contributed by atoms with Crippen molar-refractivity contribution in [3.8, 4) is 5.75 Å². The van der Waals surface area contributed by atoms with E-state index < -0.39 is 8.60 Å². The molecule has 4 heteroatoms. The van der Waals surface area contributed by atoms with Crippen LogP contribution in [0.3, 0.4) is 0 Å². The summed E-state index contributed by atoms with van der Waals surface area (Å²) < 4.78 is 19.3. The molecule has 1 aliphatic heterocycles. The standard InChI is InChI=1S/C26H29O3P/c1-18(2)22-16-11-17-23(19(3)4)26(22)29-30-27-24(20-12-7-5-8-13-20)25(28-30)21-14-9-6-10-15-21/h5-19,24-25H,1-4H3/t24-,25-/m0/s1. The molecule has 1 aliphatic rings. The van der Waals surface area contributed by atoms with Gasteiger partial charge in [0.2, 0.25) is 0 Å². The minimum atomic E-state index is -1.53. The van der Waals surface area contributed by atoms with E-state index in [2.05, 4.69) is 70.2 Å². The molecule has 0 aliphatic carbocycles.